The van der Waals surface area contributed by atoms with E-state index in [9.17, 15) is 4.79 Å². The number of amides is 1. The smallest absolute Gasteiger partial charge is 0.253 e. The quantitative estimate of drug-likeness (QED) is 0.595. The first kappa shape index (κ1) is 15.9. The zero-order valence-corrected chi connectivity index (χ0v) is 14.1. The van der Waals surface area contributed by atoms with Crippen LogP contribution in [0.3, 0.4) is 0 Å². The zero-order chi connectivity index (χ0) is 17.9. The zero-order valence-electron chi connectivity index (χ0n) is 14.1. The van der Waals surface area contributed by atoms with E-state index in [0.717, 1.165) is 17.0 Å². The molecule has 1 N–H and O–H groups in total. The van der Waals surface area contributed by atoms with Crippen molar-refractivity contribution in [1.82, 2.24) is 24.6 Å². The average Bonchev–Trinajstić information content (AvgIpc) is 3.23. The third-order valence-corrected chi connectivity index (χ3v) is 3.81. The van der Waals surface area contributed by atoms with Crippen LogP contribution in [0.15, 0.2) is 53.2 Å². The number of nitrogens with one attached hydrogen (secondary N) is 1. The van der Waals surface area contributed by atoms with Gasteiger partial charge in [0.15, 0.2) is 11.7 Å². The summed E-state index contributed by atoms with van der Waals surface area (Å²) >= 11 is 0. The van der Waals surface area contributed by atoms with Crippen LogP contribution < -0.4 is 5.32 Å². The molecule has 26 heavy (non-hydrogen) atoms. The predicted molar refractivity (Wildman–Crippen MR) is 94.4 cm³/mol. The number of oxazole rings is 1. The molecule has 0 saturated carbocycles. The summed E-state index contributed by atoms with van der Waals surface area (Å²) in [7, 11) is 0. The Balaban J connectivity index is 1.40. The average molecular weight is 348 g/mol. The summed E-state index contributed by atoms with van der Waals surface area (Å²) < 4.78 is 7.31. The molecule has 3 heterocycles. The van der Waals surface area contributed by atoms with Crippen LogP contribution >= 0.6 is 0 Å². The van der Waals surface area contributed by atoms with Gasteiger partial charge in [-0.1, -0.05) is 30.3 Å². The Morgan fingerprint density at radius 2 is 2.04 bits per heavy atom. The van der Waals surface area contributed by atoms with E-state index in [0.29, 0.717) is 18.1 Å². The van der Waals surface area contributed by atoms with Gasteiger partial charge in [-0.3, -0.25) is 10.1 Å². The van der Waals surface area contributed by atoms with Crippen molar-refractivity contribution in [2.75, 3.05) is 5.32 Å². The number of rotatable bonds is 5. The van der Waals surface area contributed by atoms with Crippen LogP contribution in [0.4, 0.5) is 5.95 Å². The molecule has 4 rings (SSSR count). The fourth-order valence-corrected chi connectivity index (χ4v) is 2.61. The Bertz CT molecular complexity index is 1020. The summed E-state index contributed by atoms with van der Waals surface area (Å²) in [5, 5.41) is 6.80. The lowest BCUT2D eigenvalue weighted by Gasteiger charge is -1.99. The summed E-state index contributed by atoms with van der Waals surface area (Å²) in [5.41, 5.74) is 1.77. The van der Waals surface area contributed by atoms with E-state index in [1.165, 1.54) is 4.52 Å². The third kappa shape index (κ3) is 3.30. The molecule has 1 aromatic carbocycles. The second-order valence-corrected chi connectivity index (χ2v) is 5.74. The summed E-state index contributed by atoms with van der Waals surface area (Å²) in [6, 6.07) is 11.5. The van der Waals surface area contributed by atoms with Crippen LogP contribution in [-0.2, 0) is 11.2 Å². The van der Waals surface area contributed by atoms with Gasteiger partial charge in [0.05, 0.1) is 5.69 Å². The molecule has 4 aromatic rings. The molecule has 0 atom stereocenters. The van der Waals surface area contributed by atoms with Crippen LogP contribution in [0.5, 0.6) is 0 Å². The number of hydrogen-bond donors (Lipinski definition) is 1. The predicted octanol–water partition coefficient (Wildman–Crippen LogP) is 2.66. The maximum absolute atomic E-state index is 12.1. The minimum Gasteiger partial charge on any atom is -0.440 e. The lowest BCUT2D eigenvalue weighted by Crippen LogP contribution is -2.13. The van der Waals surface area contributed by atoms with E-state index in [1.54, 1.807) is 18.5 Å². The summed E-state index contributed by atoms with van der Waals surface area (Å²) in [6.07, 6.45) is 3.94. The normalized spacial score (nSPS) is 11.0. The molecule has 0 fully saturated rings. The van der Waals surface area contributed by atoms with Crippen LogP contribution in [0.25, 0.3) is 17.1 Å². The Labute approximate surface area is 148 Å². The monoisotopic (exact) mass is 348 g/mol. The first-order valence-electron chi connectivity index (χ1n) is 8.18. The highest BCUT2D eigenvalue weighted by Gasteiger charge is 2.14. The number of aromatic nitrogens is 5. The van der Waals surface area contributed by atoms with E-state index < -0.39 is 0 Å². The largest absolute Gasteiger partial charge is 0.440 e. The topological polar surface area (TPSA) is 98.2 Å². The van der Waals surface area contributed by atoms with Crippen LogP contribution in [0, 0.1) is 6.92 Å². The lowest BCUT2D eigenvalue weighted by atomic mass is 10.1. The molecule has 3 aromatic heterocycles. The number of carbonyl (C=O) groups excluding carboxylic acids is 1. The molecule has 0 radical (unpaired) electrons. The van der Waals surface area contributed by atoms with E-state index in [-0.39, 0.29) is 18.3 Å². The summed E-state index contributed by atoms with van der Waals surface area (Å²) in [4.78, 5) is 24.7. The first-order valence-corrected chi connectivity index (χ1v) is 8.18. The Morgan fingerprint density at radius 3 is 2.85 bits per heavy atom. The van der Waals surface area contributed by atoms with Crippen molar-refractivity contribution in [3.63, 3.8) is 0 Å². The molecule has 0 unspecified atom stereocenters. The minimum atomic E-state index is -0.210. The Hall–Kier alpha value is -3.55. The minimum absolute atomic E-state index is 0.210. The van der Waals surface area contributed by atoms with Crippen molar-refractivity contribution in [2.24, 2.45) is 0 Å². The van der Waals surface area contributed by atoms with Gasteiger partial charge in [-0.15, -0.1) is 5.10 Å². The molecule has 1 amide bonds. The van der Waals surface area contributed by atoms with Gasteiger partial charge in [-0.2, -0.15) is 4.98 Å². The summed E-state index contributed by atoms with van der Waals surface area (Å²) in [5.74, 6) is 1.70. The molecule has 8 nitrogen and oxygen atoms in total. The van der Waals surface area contributed by atoms with Crippen molar-refractivity contribution in [2.45, 2.75) is 19.8 Å². The number of aryl methyl sites for hydroxylation is 2. The lowest BCUT2D eigenvalue weighted by molar-refractivity contribution is -0.116. The van der Waals surface area contributed by atoms with Gasteiger partial charge in [0, 0.05) is 30.8 Å². The number of benzene rings is 1. The summed E-state index contributed by atoms with van der Waals surface area (Å²) in [6.45, 7) is 1.89. The van der Waals surface area contributed by atoms with Crippen molar-refractivity contribution in [1.29, 1.82) is 0 Å². The fraction of sp³-hybridized carbons (Fsp3) is 0.167. The molecule has 0 aliphatic rings. The maximum Gasteiger partial charge on any atom is 0.253 e. The van der Waals surface area contributed by atoms with Gasteiger partial charge in [0.2, 0.25) is 5.91 Å². The van der Waals surface area contributed by atoms with Crippen LogP contribution in [-0.4, -0.2) is 30.5 Å². The first-order chi connectivity index (χ1) is 12.7. The Kier molecular flexibility index (Phi) is 4.14. The van der Waals surface area contributed by atoms with Gasteiger partial charge in [-0.05, 0) is 13.0 Å². The standard InChI is InChI=1S/C18H16N6O2/c1-12-16(13-6-3-2-4-7-13)26-15(20-12)9-8-14(25)21-17-22-18-19-10-5-11-24(18)23-17/h2-7,10-11H,8-9H2,1H3,(H,21,23,25). The van der Waals surface area contributed by atoms with Crippen LogP contribution in [0.2, 0.25) is 0 Å². The number of anilines is 1. The SMILES string of the molecule is Cc1nc(CCC(=O)Nc2nc3ncccn3n2)oc1-c1ccccc1. The van der Waals surface area contributed by atoms with Gasteiger partial charge >= 0.3 is 0 Å². The molecule has 0 saturated heterocycles. The molecule has 0 aliphatic carbocycles. The molecule has 0 bridgehead atoms. The van der Waals surface area contributed by atoms with Gasteiger partial charge in [-0.25, -0.2) is 14.5 Å². The Morgan fingerprint density at radius 1 is 1.19 bits per heavy atom. The number of nitrogens with zero attached hydrogens (tertiary/aromatic N) is 5. The van der Waals surface area contributed by atoms with E-state index in [4.69, 9.17) is 4.42 Å². The van der Waals surface area contributed by atoms with Crippen molar-refractivity contribution in [3.8, 4) is 11.3 Å². The molecular formula is C18H16N6O2. The third-order valence-electron chi connectivity index (χ3n) is 3.81. The molecule has 0 aliphatic heterocycles. The molecule has 130 valence electrons. The van der Waals surface area contributed by atoms with E-state index in [1.807, 2.05) is 37.3 Å². The van der Waals surface area contributed by atoms with E-state index in [2.05, 4.69) is 25.4 Å². The maximum atomic E-state index is 12.1. The second-order valence-electron chi connectivity index (χ2n) is 5.74. The number of carbonyl (C=O) groups is 1. The second kappa shape index (κ2) is 6.75. The van der Waals surface area contributed by atoms with Crippen LogP contribution in [0.1, 0.15) is 18.0 Å². The number of fused-ring (bicyclic) bond motifs is 1. The van der Waals surface area contributed by atoms with Crippen molar-refractivity contribution in [3.05, 3.63) is 60.4 Å². The molecular weight excluding hydrogens is 332 g/mol. The fourth-order valence-electron chi connectivity index (χ4n) is 2.61. The van der Waals surface area contributed by atoms with Crippen molar-refractivity contribution >= 4 is 17.6 Å². The van der Waals surface area contributed by atoms with Gasteiger partial charge in [0.25, 0.3) is 11.7 Å². The molecule has 8 heteroatoms. The highest BCUT2D eigenvalue weighted by atomic mass is 16.4. The van der Waals surface area contributed by atoms with Crippen molar-refractivity contribution < 1.29 is 9.21 Å². The van der Waals surface area contributed by atoms with Gasteiger partial charge in [0.1, 0.15) is 0 Å². The highest BCUT2D eigenvalue weighted by molar-refractivity contribution is 5.89. The molecule has 0 spiro atoms. The number of hydrogen-bond acceptors (Lipinski definition) is 6. The van der Waals surface area contributed by atoms with Gasteiger partial charge < -0.3 is 4.42 Å². The highest BCUT2D eigenvalue weighted by Crippen LogP contribution is 2.24. The van der Waals surface area contributed by atoms with E-state index >= 15 is 0 Å².